The Hall–Kier alpha value is -2.10. The molecule has 1 aliphatic heterocycles. The second kappa shape index (κ2) is 8.37. The van der Waals surface area contributed by atoms with Crippen LogP contribution in [-0.4, -0.2) is 18.5 Å². The van der Waals surface area contributed by atoms with Gasteiger partial charge in [0.25, 0.3) is 0 Å². The minimum atomic E-state index is -0.293. The molecule has 22 heavy (non-hydrogen) atoms. The Morgan fingerprint density at radius 2 is 1.91 bits per heavy atom. The number of amides is 1. The summed E-state index contributed by atoms with van der Waals surface area (Å²) >= 11 is 0. The van der Waals surface area contributed by atoms with Crippen LogP contribution < -0.4 is 5.32 Å². The van der Waals surface area contributed by atoms with E-state index in [1.54, 1.807) is 0 Å². The third kappa shape index (κ3) is 5.02. The molecule has 2 atom stereocenters. The zero-order valence-electron chi connectivity index (χ0n) is 13.0. The smallest absolute Gasteiger partial charge is 0.309 e. The van der Waals surface area contributed by atoms with Gasteiger partial charge in [-0.2, -0.15) is 0 Å². The molecular formula is C18H23NO3. The van der Waals surface area contributed by atoms with Crippen LogP contribution in [0.1, 0.15) is 44.2 Å². The van der Waals surface area contributed by atoms with Gasteiger partial charge in [-0.3, -0.25) is 9.59 Å². The highest BCUT2D eigenvalue weighted by Crippen LogP contribution is 2.16. The van der Waals surface area contributed by atoms with Crippen LogP contribution in [0, 0.1) is 5.92 Å². The Labute approximate surface area is 131 Å². The van der Waals surface area contributed by atoms with Crippen LogP contribution in [0.15, 0.2) is 42.5 Å². The number of benzene rings is 1. The predicted molar refractivity (Wildman–Crippen MR) is 85.1 cm³/mol. The van der Waals surface area contributed by atoms with Crippen LogP contribution in [0.3, 0.4) is 0 Å². The summed E-state index contributed by atoms with van der Waals surface area (Å²) < 4.78 is 5.40. The number of rotatable bonds is 1. The second-order valence-corrected chi connectivity index (χ2v) is 5.66. The predicted octanol–water partition coefficient (Wildman–Crippen LogP) is 3.15. The molecule has 1 amide bonds. The zero-order chi connectivity index (χ0) is 15.8. The molecule has 1 aliphatic rings. The second-order valence-electron chi connectivity index (χ2n) is 5.66. The number of ether oxygens (including phenoxy) is 1. The molecule has 0 radical (unpaired) electrons. The van der Waals surface area contributed by atoms with Crippen molar-refractivity contribution in [1.29, 1.82) is 0 Å². The lowest BCUT2D eigenvalue weighted by Gasteiger charge is -2.20. The molecule has 4 heteroatoms. The minimum Gasteiger partial charge on any atom is -0.463 e. The summed E-state index contributed by atoms with van der Waals surface area (Å²) in [5, 5.41) is 2.97. The van der Waals surface area contributed by atoms with E-state index in [2.05, 4.69) is 5.32 Å². The van der Waals surface area contributed by atoms with Crippen molar-refractivity contribution >= 4 is 11.9 Å². The van der Waals surface area contributed by atoms with Gasteiger partial charge in [0.1, 0.15) is 6.61 Å². The van der Waals surface area contributed by atoms with E-state index in [-0.39, 0.29) is 30.4 Å². The van der Waals surface area contributed by atoms with E-state index < -0.39 is 0 Å². The highest BCUT2D eigenvalue weighted by Gasteiger charge is 2.19. The first-order chi connectivity index (χ1) is 10.7. The molecule has 4 nitrogen and oxygen atoms in total. The van der Waals surface area contributed by atoms with Gasteiger partial charge in [-0.15, -0.1) is 0 Å². The number of nitrogens with one attached hydrogen (secondary N) is 1. The molecule has 118 valence electrons. The molecule has 1 N–H and O–H groups in total. The molecule has 0 saturated heterocycles. The van der Waals surface area contributed by atoms with Crippen molar-refractivity contribution in [2.45, 2.75) is 38.6 Å². The molecule has 0 fully saturated rings. The summed E-state index contributed by atoms with van der Waals surface area (Å²) in [6, 6.07) is 9.32. The summed E-state index contributed by atoms with van der Waals surface area (Å²) in [4.78, 5) is 24.0. The number of hydrogen-bond acceptors (Lipinski definition) is 3. The Bertz CT molecular complexity index is 524. The lowest BCUT2D eigenvalue weighted by molar-refractivity contribution is -0.149. The Kier molecular flexibility index (Phi) is 6.19. The monoisotopic (exact) mass is 301 g/mol. The number of hydrogen-bond donors (Lipinski definition) is 1. The van der Waals surface area contributed by atoms with E-state index in [4.69, 9.17) is 4.74 Å². The molecule has 0 aliphatic carbocycles. The number of cyclic esters (lactones) is 1. The van der Waals surface area contributed by atoms with E-state index in [9.17, 15) is 9.59 Å². The maximum absolute atomic E-state index is 12.0. The van der Waals surface area contributed by atoms with Crippen molar-refractivity contribution in [3.63, 3.8) is 0 Å². The molecule has 0 saturated carbocycles. The fraction of sp³-hybridized carbons (Fsp3) is 0.444. The highest BCUT2D eigenvalue weighted by atomic mass is 16.5. The van der Waals surface area contributed by atoms with Gasteiger partial charge >= 0.3 is 5.97 Å². The lowest BCUT2D eigenvalue weighted by atomic mass is 10.1. The van der Waals surface area contributed by atoms with Gasteiger partial charge in [0, 0.05) is 6.42 Å². The summed E-state index contributed by atoms with van der Waals surface area (Å²) in [5.41, 5.74) is 0.948. The number of esters is 1. The van der Waals surface area contributed by atoms with Crippen LogP contribution in [0.25, 0.3) is 0 Å². The molecular weight excluding hydrogens is 278 g/mol. The number of carbonyl (C=O) groups excluding carboxylic acids is 2. The summed E-state index contributed by atoms with van der Waals surface area (Å²) in [5.74, 6) is -0.395. The minimum absolute atomic E-state index is 0.00871. The van der Waals surface area contributed by atoms with Crippen molar-refractivity contribution in [1.82, 2.24) is 5.32 Å². The summed E-state index contributed by atoms with van der Waals surface area (Å²) in [6.45, 7) is 2.03. The lowest BCUT2D eigenvalue weighted by Crippen LogP contribution is -2.32. The van der Waals surface area contributed by atoms with Crippen LogP contribution in [0.2, 0.25) is 0 Å². The first-order valence-corrected chi connectivity index (χ1v) is 7.82. The maximum atomic E-state index is 12.0. The van der Waals surface area contributed by atoms with Gasteiger partial charge in [0.2, 0.25) is 5.91 Å². The first-order valence-electron chi connectivity index (χ1n) is 7.82. The van der Waals surface area contributed by atoms with E-state index in [1.807, 2.05) is 49.4 Å². The quantitative estimate of drug-likeness (QED) is 0.640. The summed E-state index contributed by atoms with van der Waals surface area (Å²) in [7, 11) is 0. The van der Waals surface area contributed by atoms with Crippen LogP contribution in [0.5, 0.6) is 0 Å². The van der Waals surface area contributed by atoms with E-state index in [1.165, 1.54) is 0 Å². The average molecular weight is 301 g/mol. The van der Waals surface area contributed by atoms with Gasteiger partial charge in [-0.05, 0) is 24.8 Å². The fourth-order valence-electron chi connectivity index (χ4n) is 2.38. The molecule has 2 rings (SSSR count). The van der Waals surface area contributed by atoms with Gasteiger partial charge < -0.3 is 10.1 Å². The molecule has 1 aromatic carbocycles. The topological polar surface area (TPSA) is 55.4 Å². The van der Waals surface area contributed by atoms with E-state index >= 15 is 0 Å². The Morgan fingerprint density at radius 3 is 2.68 bits per heavy atom. The Balaban J connectivity index is 2.11. The average Bonchev–Trinajstić information content (AvgIpc) is 2.55. The molecule has 0 bridgehead atoms. The number of carbonyl (C=O) groups is 2. The third-order valence-electron chi connectivity index (χ3n) is 3.76. The standard InChI is InChI=1S/C18H23NO3/c1-14-9-5-2-3-8-12-17(20)19-16(13-22-18(14)21)15-10-6-4-7-11-15/h2,4-7,10-11,14,16H,3,8-9,12-13H2,1H3,(H,19,20)/b5-2+/t14-,16+/m1/s1. The van der Waals surface area contributed by atoms with E-state index in [0.717, 1.165) is 18.4 Å². The van der Waals surface area contributed by atoms with Gasteiger partial charge in [0.05, 0.1) is 12.0 Å². The van der Waals surface area contributed by atoms with Gasteiger partial charge in [0.15, 0.2) is 0 Å². The molecule has 0 aromatic heterocycles. The largest absolute Gasteiger partial charge is 0.463 e. The first kappa shape index (κ1) is 16.3. The number of allylic oxidation sites excluding steroid dienone is 2. The van der Waals surface area contributed by atoms with Crippen molar-refractivity contribution in [2.75, 3.05) is 6.61 Å². The fourth-order valence-corrected chi connectivity index (χ4v) is 2.38. The molecule has 1 aromatic rings. The van der Waals surface area contributed by atoms with Crippen molar-refractivity contribution in [3.05, 3.63) is 48.0 Å². The van der Waals surface area contributed by atoms with Crippen molar-refractivity contribution < 1.29 is 14.3 Å². The van der Waals surface area contributed by atoms with Crippen LogP contribution >= 0.6 is 0 Å². The molecule has 0 unspecified atom stereocenters. The third-order valence-corrected chi connectivity index (χ3v) is 3.76. The SMILES string of the molecule is C[C@@H]1C/C=C/CCCC(=O)N[C@H](c2ccccc2)COC1=O. The van der Waals surface area contributed by atoms with Crippen LogP contribution in [0.4, 0.5) is 0 Å². The summed E-state index contributed by atoms with van der Waals surface area (Å²) in [6.07, 6.45) is 6.85. The highest BCUT2D eigenvalue weighted by molar-refractivity contribution is 5.76. The van der Waals surface area contributed by atoms with Gasteiger partial charge in [-0.25, -0.2) is 0 Å². The normalized spacial score (nSPS) is 25.9. The van der Waals surface area contributed by atoms with Crippen molar-refractivity contribution in [3.8, 4) is 0 Å². The molecule has 0 spiro atoms. The molecule has 1 heterocycles. The van der Waals surface area contributed by atoms with E-state index in [0.29, 0.717) is 12.8 Å². The maximum Gasteiger partial charge on any atom is 0.309 e. The Morgan fingerprint density at radius 1 is 1.14 bits per heavy atom. The van der Waals surface area contributed by atoms with Crippen LogP contribution in [-0.2, 0) is 14.3 Å². The zero-order valence-corrected chi connectivity index (χ0v) is 13.0. The van der Waals surface area contributed by atoms with Gasteiger partial charge in [-0.1, -0.05) is 49.4 Å². The van der Waals surface area contributed by atoms with Crippen molar-refractivity contribution in [2.24, 2.45) is 5.92 Å².